The molecule has 7 heteroatoms. The molecule has 0 unspecified atom stereocenters. The van der Waals surface area contributed by atoms with E-state index in [4.69, 9.17) is 4.74 Å². The van der Waals surface area contributed by atoms with Gasteiger partial charge in [0.15, 0.2) is 5.78 Å². The van der Waals surface area contributed by atoms with Crippen molar-refractivity contribution in [3.05, 3.63) is 42.1 Å². The van der Waals surface area contributed by atoms with E-state index < -0.39 is 0 Å². The second-order valence-electron chi connectivity index (χ2n) is 6.70. The van der Waals surface area contributed by atoms with Crippen molar-refractivity contribution in [2.24, 2.45) is 0 Å². The number of Topliss-reactive ketones (excluding diaryl/α,β-unsaturated/α-hetero) is 1. The van der Waals surface area contributed by atoms with Gasteiger partial charge < -0.3 is 9.64 Å². The van der Waals surface area contributed by atoms with Crippen LogP contribution in [0.25, 0.3) is 16.8 Å². The number of aromatic nitrogens is 4. The number of morpholine rings is 1. The molecule has 1 aliphatic heterocycles. The van der Waals surface area contributed by atoms with Crippen LogP contribution in [0.5, 0.6) is 0 Å². The van der Waals surface area contributed by atoms with Crippen LogP contribution in [0.4, 0.5) is 5.95 Å². The minimum Gasteiger partial charge on any atom is -0.378 e. The number of anilines is 1. The first kappa shape index (κ1) is 15.5. The molecule has 0 N–H and O–H groups in total. The fraction of sp³-hybridized carbons (Fsp3) is 0.368. The van der Waals surface area contributed by atoms with Gasteiger partial charge >= 0.3 is 0 Å². The van der Waals surface area contributed by atoms with E-state index in [1.165, 1.54) is 0 Å². The Morgan fingerprint density at radius 2 is 1.81 bits per heavy atom. The number of hydrogen-bond donors (Lipinski definition) is 0. The van der Waals surface area contributed by atoms with Crippen LogP contribution >= 0.6 is 0 Å². The van der Waals surface area contributed by atoms with Crippen LogP contribution in [-0.2, 0) is 11.2 Å². The average molecular weight is 349 g/mol. The summed E-state index contributed by atoms with van der Waals surface area (Å²) in [7, 11) is 0. The molecule has 4 heterocycles. The molecular formula is C19H19N5O2. The Balaban J connectivity index is 1.50. The molecule has 2 aliphatic rings. The van der Waals surface area contributed by atoms with E-state index in [2.05, 4.69) is 19.9 Å². The number of hydrogen-bond acceptors (Lipinski definition) is 6. The number of fused-ring (bicyclic) bond motifs is 3. The zero-order chi connectivity index (χ0) is 17.5. The second kappa shape index (κ2) is 6.17. The van der Waals surface area contributed by atoms with E-state index in [0.29, 0.717) is 19.6 Å². The number of imidazole rings is 1. The second-order valence-corrected chi connectivity index (χ2v) is 6.70. The van der Waals surface area contributed by atoms with Crippen molar-refractivity contribution < 1.29 is 9.53 Å². The van der Waals surface area contributed by atoms with Crippen LogP contribution in [0, 0.1) is 0 Å². The molecule has 5 rings (SSSR count). The van der Waals surface area contributed by atoms with Crippen molar-refractivity contribution in [1.82, 2.24) is 19.4 Å². The third kappa shape index (κ3) is 2.55. The van der Waals surface area contributed by atoms with Crippen molar-refractivity contribution in [3.8, 4) is 11.1 Å². The minimum atomic E-state index is 0.176. The average Bonchev–Trinajstić information content (AvgIpc) is 3.08. The van der Waals surface area contributed by atoms with Crippen LogP contribution in [-0.4, -0.2) is 51.4 Å². The molecule has 7 nitrogen and oxygen atoms in total. The van der Waals surface area contributed by atoms with E-state index >= 15 is 0 Å². The summed E-state index contributed by atoms with van der Waals surface area (Å²) >= 11 is 0. The number of pyridine rings is 1. The van der Waals surface area contributed by atoms with Crippen LogP contribution in [0.3, 0.4) is 0 Å². The van der Waals surface area contributed by atoms with Crippen molar-refractivity contribution >= 4 is 17.4 Å². The zero-order valence-corrected chi connectivity index (χ0v) is 14.4. The smallest absolute Gasteiger partial charge is 0.225 e. The van der Waals surface area contributed by atoms with E-state index in [9.17, 15) is 4.79 Å². The third-order valence-electron chi connectivity index (χ3n) is 5.04. The maximum Gasteiger partial charge on any atom is 0.225 e. The summed E-state index contributed by atoms with van der Waals surface area (Å²) in [5, 5.41) is 0. The summed E-state index contributed by atoms with van der Waals surface area (Å²) in [6.45, 7) is 3.05. The summed E-state index contributed by atoms with van der Waals surface area (Å²) in [6.07, 6.45) is 8.00. The van der Waals surface area contributed by atoms with Gasteiger partial charge in [-0.3, -0.25) is 9.20 Å². The predicted octanol–water partition coefficient (Wildman–Crippen LogP) is 2.15. The van der Waals surface area contributed by atoms with Crippen LogP contribution in [0.1, 0.15) is 29.0 Å². The molecule has 132 valence electrons. The maximum atomic E-state index is 12.3. The Morgan fingerprint density at radius 1 is 1.00 bits per heavy atom. The Bertz CT molecular complexity index is 974. The monoisotopic (exact) mass is 349 g/mol. The Morgan fingerprint density at radius 3 is 2.62 bits per heavy atom. The van der Waals surface area contributed by atoms with Crippen molar-refractivity contribution in [1.29, 1.82) is 0 Å². The molecule has 0 radical (unpaired) electrons. The molecule has 0 aromatic carbocycles. The first-order valence-electron chi connectivity index (χ1n) is 8.99. The van der Waals surface area contributed by atoms with Gasteiger partial charge in [-0.15, -0.1) is 0 Å². The lowest BCUT2D eigenvalue weighted by atomic mass is 10.00. The van der Waals surface area contributed by atoms with Gasteiger partial charge in [0.1, 0.15) is 11.3 Å². The van der Waals surface area contributed by atoms with Crippen molar-refractivity contribution in [3.63, 3.8) is 0 Å². The third-order valence-corrected chi connectivity index (χ3v) is 5.04. The van der Waals surface area contributed by atoms with E-state index in [1.54, 1.807) is 0 Å². The quantitative estimate of drug-likeness (QED) is 0.706. The molecule has 0 atom stereocenters. The van der Waals surface area contributed by atoms with Crippen LogP contribution in [0.15, 0.2) is 30.7 Å². The number of aryl methyl sites for hydroxylation is 1. The topological polar surface area (TPSA) is 72.6 Å². The van der Waals surface area contributed by atoms with E-state index in [0.717, 1.165) is 60.0 Å². The van der Waals surface area contributed by atoms with Crippen LogP contribution in [0.2, 0.25) is 0 Å². The van der Waals surface area contributed by atoms with Crippen molar-refractivity contribution in [2.45, 2.75) is 19.3 Å². The standard InChI is InChI=1S/C19H19N5O2/c25-16-3-1-2-15-18(16)24-12-13(4-5-17(24)22-15)14-10-20-19(21-11-14)23-6-8-26-9-7-23/h4-5,10-12H,1-3,6-9H2. The summed E-state index contributed by atoms with van der Waals surface area (Å²) in [4.78, 5) is 28.1. The highest BCUT2D eigenvalue weighted by molar-refractivity contribution is 5.97. The summed E-state index contributed by atoms with van der Waals surface area (Å²) in [5.74, 6) is 0.906. The van der Waals surface area contributed by atoms with Crippen LogP contribution < -0.4 is 4.90 Å². The highest BCUT2D eigenvalue weighted by Crippen LogP contribution is 2.26. The lowest BCUT2D eigenvalue weighted by Gasteiger charge is -2.26. The highest BCUT2D eigenvalue weighted by Gasteiger charge is 2.23. The molecule has 0 bridgehead atoms. The fourth-order valence-electron chi connectivity index (χ4n) is 3.67. The SMILES string of the molecule is O=C1CCCc2nc3ccc(-c4cnc(N5CCOCC5)nc4)cn3c21. The highest BCUT2D eigenvalue weighted by atomic mass is 16.5. The fourth-order valence-corrected chi connectivity index (χ4v) is 3.67. The van der Waals surface area contributed by atoms with E-state index in [1.807, 2.05) is 35.1 Å². The van der Waals surface area contributed by atoms with Gasteiger partial charge in [-0.1, -0.05) is 0 Å². The summed E-state index contributed by atoms with van der Waals surface area (Å²) in [6, 6.07) is 3.96. The number of carbonyl (C=O) groups excluding carboxylic acids is 1. The molecule has 0 spiro atoms. The molecule has 0 amide bonds. The van der Waals surface area contributed by atoms with Gasteiger partial charge in [0.25, 0.3) is 0 Å². The molecule has 3 aromatic rings. The molecule has 1 fully saturated rings. The molecule has 3 aromatic heterocycles. The van der Waals surface area contributed by atoms with Gasteiger partial charge in [0, 0.05) is 49.2 Å². The largest absolute Gasteiger partial charge is 0.378 e. The van der Waals surface area contributed by atoms with Gasteiger partial charge in [-0.2, -0.15) is 0 Å². The van der Waals surface area contributed by atoms with Gasteiger partial charge in [-0.25, -0.2) is 15.0 Å². The molecular weight excluding hydrogens is 330 g/mol. The Labute approximate surface area is 150 Å². The van der Waals surface area contributed by atoms with Gasteiger partial charge in [-0.05, 0) is 25.0 Å². The van der Waals surface area contributed by atoms with E-state index in [-0.39, 0.29) is 5.78 Å². The Hall–Kier alpha value is -2.80. The number of rotatable bonds is 2. The molecule has 1 saturated heterocycles. The normalized spacial score (nSPS) is 17.5. The van der Waals surface area contributed by atoms with Crippen molar-refractivity contribution in [2.75, 3.05) is 31.2 Å². The number of ether oxygens (including phenoxy) is 1. The van der Waals surface area contributed by atoms with Gasteiger partial charge in [0.2, 0.25) is 5.95 Å². The lowest BCUT2D eigenvalue weighted by molar-refractivity contribution is 0.0966. The summed E-state index contributed by atoms with van der Waals surface area (Å²) < 4.78 is 7.29. The zero-order valence-electron chi connectivity index (χ0n) is 14.4. The first-order valence-corrected chi connectivity index (χ1v) is 8.99. The molecule has 26 heavy (non-hydrogen) atoms. The number of carbonyl (C=O) groups is 1. The lowest BCUT2D eigenvalue weighted by Crippen LogP contribution is -2.37. The number of ketones is 1. The van der Waals surface area contributed by atoms with Gasteiger partial charge in [0.05, 0.1) is 18.9 Å². The minimum absolute atomic E-state index is 0.176. The first-order chi connectivity index (χ1) is 12.8. The number of nitrogens with zero attached hydrogens (tertiary/aromatic N) is 5. The molecule has 0 saturated carbocycles. The maximum absolute atomic E-state index is 12.3. The molecule has 1 aliphatic carbocycles. The Kier molecular flexibility index (Phi) is 3.67. The predicted molar refractivity (Wildman–Crippen MR) is 96.5 cm³/mol. The summed E-state index contributed by atoms with van der Waals surface area (Å²) in [5.41, 5.74) is 4.37.